The minimum absolute atomic E-state index is 0.00215. The molecule has 0 fully saturated rings. The predicted molar refractivity (Wildman–Crippen MR) is 74.4 cm³/mol. The Bertz CT molecular complexity index is 635. The zero-order valence-electron chi connectivity index (χ0n) is 10.9. The number of rotatable bonds is 5. The molecular formula is C15H13NO4. The van der Waals surface area contributed by atoms with Crippen LogP contribution in [0, 0.1) is 10.1 Å². The predicted octanol–water partition coefficient (Wildman–Crippen LogP) is 3.76. The van der Waals surface area contributed by atoms with Gasteiger partial charge in [-0.15, -0.1) is 0 Å². The summed E-state index contributed by atoms with van der Waals surface area (Å²) in [7, 11) is 0. The third-order valence-electron chi connectivity index (χ3n) is 2.89. The molecule has 0 saturated heterocycles. The van der Waals surface area contributed by atoms with Crippen LogP contribution in [0.2, 0.25) is 0 Å². The Labute approximate surface area is 116 Å². The fourth-order valence-electron chi connectivity index (χ4n) is 1.79. The minimum atomic E-state index is -0.594. The molecule has 0 atom stereocenters. The van der Waals surface area contributed by atoms with E-state index >= 15 is 0 Å². The second-order valence-corrected chi connectivity index (χ2v) is 4.20. The van der Waals surface area contributed by atoms with E-state index in [0.717, 1.165) is 6.42 Å². The maximum absolute atomic E-state index is 10.9. The molecule has 0 aliphatic carbocycles. The van der Waals surface area contributed by atoms with E-state index in [1.165, 1.54) is 23.8 Å². The average Bonchev–Trinajstić information content (AvgIpc) is 2.47. The quantitative estimate of drug-likeness (QED) is 0.471. The average molecular weight is 271 g/mol. The first-order valence-corrected chi connectivity index (χ1v) is 6.14. The molecule has 0 N–H and O–H groups in total. The standard InChI is InChI=1S/C15H13NO4/c1-2-11-3-5-13(6-4-11)20-14-7-8-15(16(18)19)12(9-14)10-17/h3-10H,2H2,1H3. The summed E-state index contributed by atoms with van der Waals surface area (Å²) in [6.07, 6.45) is 1.39. The Hall–Kier alpha value is -2.69. The van der Waals surface area contributed by atoms with Crippen LogP contribution in [-0.2, 0) is 6.42 Å². The van der Waals surface area contributed by atoms with Crippen molar-refractivity contribution in [3.05, 3.63) is 63.7 Å². The van der Waals surface area contributed by atoms with Crippen LogP contribution in [0.15, 0.2) is 42.5 Å². The summed E-state index contributed by atoms with van der Waals surface area (Å²) >= 11 is 0. The van der Waals surface area contributed by atoms with Gasteiger partial charge in [-0.25, -0.2) is 0 Å². The van der Waals surface area contributed by atoms with E-state index in [9.17, 15) is 14.9 Å². The molecule has 20 heavy (non-hydrogen) atoms. The number of nitrogens with zero attached hydrogens (tertiary/aromatic N) is 1. The van der Waals surface area contributed by atoms with E-state index in [1.54, 1.807) is 0 Å². The molecule has 5 nitrogen and oxygen atoms in total. The number of carbonyl (C=O) groups is 1. The highest BCUT2D eigenvalue weighted by molar-refractivity contribution is 5.82. The summed E-state index contributed by atoms with van der Waals surface area (Å²) in [4.78, 5) is 21.0. The number of nitro benzene ring substituents is 1. The molecule has 2 aromatic carbocycles. The van der Waals surface area contributed by atoms with E-state index in [2.05, 4.69) is 6.92 Å². The summed E-state index contributed by atoms with van der Waals surface area (Å²) in [5.74, 6) is 1.01. The highest BCUT2D eigenvalue weighted by Crippen LogP contribution is 2.27. The third-order valence-corrected chi connectivity index (χ3v) is 2.89. The Morgan fingerprint density at radius 2 is 1.80 bits per heavy atom. The number of carbonyl (C=O) groups excluding carboxylic acids is 1. The largest absolute Gasteiger partial charge is 0.457 e. The van der Waals surface area contributed by atoms with Crippen LogP contribution in [0.5, 0.6) is 11.5 Å². The van der Waals surface area contributed by atoms with E-state index in [-0.39, 0.29) is 11.3 Å². The smallest absolute Gasteiger partial charge is 0.280 e. The lowest BCUT2D eigenvalue weighted by molar-refractivity contribution is -0.385. The maximum atomic E-state index is 10.9. The van der Waals surface area contributed by atoms with E-state index < -0.39 is 4.92 Å². The summed E-state index contributed by atoms with van der Waals surface area (Å²) in [6, 6.07) is 11.6. The van der Waals surface area contributed by atoms with Gasteiger partial charge in [0.05, 0.1) is 10.5 Å². The van der Waals surface area contributed by atoms with E-state index in [1.807, 2.05) is 24.3 Å². The number of benzene rings is 2. The van der Waals surface area contributed by atoms with Gasteiger partial charge in [-0.3, -0.25) is 14.9 Å². The monoisotopic (exact) mass is 271 g/mol. The molecule has 0 aliphatic rings. The highest BCUT2D eigenvalue weighted by atomic mass is 16.6. The normalized spacial score (nSPS) is 10.1. The molecule has 0 heterocycles. The zero-order valence-corrected chi connectivity index (χ0v) is 10.9. The first-order chi connectivity index (χ1) is 9.63. The fourth-order valence-corrected chi connectivity index (χ4v) is 1.79. The molecule has 0 aromatic heterocycles. The maximum Gasteiger partial charge on any atom is 0.280 e. The van der Waals surface area contributed by atoms with Crippen LogP contribution in [0.1, 0.15) is 22.8 Å². The minimum Gasteiger partial charge on any atom is -0.457 e. The number of aldehydes is 1. The lowest BCUT2D eigenvalue weighted by Crippen LogP contribution is -1.95. The van der Waals surface area contributed by atoms with Crippen molar-refractivity contribution in [3.8, 4) is 11.5 Å². The number of hydrogen-bond acceptors (Lipinski definition) is 4. The topological polar surface area (TPSA) is 69.4 Å². The van der Waals surface area contributed by atoms with Gasteiger partial charge in [0, 0.05) is 6.07 Å². The zero-order chi connectivity index (χ0) is 14.5. The molecule has 0 saturated carbocycles. The van der Waals surface area contributed by atoms with Crippen LogP contribution in [0.4, 0.5) is 5.69 Å². The molecule has 2 aromatic rings. The van der Waals surface area contributed by atoms with Gasteiger partial charge in [-0.1, -0.05) is 19.1 Å². The summed E-state index contributed by atoms with van der Waals surface area (Å²) in [5, 5.41) is 10.7. The lowest BCUT2D eigenvalue weighted by atomic mass is 10.1. The van der Waals surface area contributed by atoms with Gasteiger partial charge in [0.1, 0.15) is 11.5 Å². The summed E-state index contributed by atoms with van der Waals surface area (Å²) < 4.78 is 5.57. The number of ether oxygens (including phenoxy) is 1. The third kappa shape index (κ3) is 3.00. The Kier molecular flexibility index (Phi) is 4.10. The number of nitro groups is 1. The van der Waals surface area contributed by atoms with Crippen molar-refractivity contribution in [1.29, 1.82) is 0 Å². The first-order valence-electron chi connectivity index (χ1n) is 6.14. The van der Waals surface area contributed by atoms with Gasteiger partial charge in [-0.2, -0.15) is 0 Å². The molecule has 0 amide bonds. The highest BCUT2D eigenvalue weighted by Gasteiger charge is 2.14. The number of aryl methyl sites for hydroxylation is 1. The molecule has 0 spiro atoms. The second-order valence-electron chi connectivity index (χ2n) is 4.20. The van der Waals surface area contributed by atoms with Gasteiger partial charge < -0.3 is 4.74 Å². The molecular weight excluding hydrogens is 258 g/mol. The van der Waals surface area contributed by atoms with E-state index in [4.69, 9.17) is 4.74 Å². The van der Waals surface area contributed by atoms with E-state index in [0.29, 0.717) is 17.8 Å². The Morgan fingerprint density at radius 3 is 2.35 bits per heavy atom. The van der Waals surface area contributed by atoms with Gasteiger partial charge in [0.15, 0.2) is 6.29 Å². The molecule has 0 aliphatic heterocycles. The molecule has 2 rings (SSSR count). The van der Waals surface area contributed by atoms with Crippen molar-refractivity contribution in [2.75, 3.05) is 0 Å². The molecule has 0 unspecified atom stereocenters. The summed E-state index contributed by atoms with van der Waals surface area (Å²) in [5.41, 5.74) is 0.959. The van der Waals surface area contributed by atoms with Gasteiger partial charge in [0.2, 0.25) is 0 Å². The fraction of sp³-hybridized carbons (Fsp3) is 0.133. The van der Waals surface area contributed by atoms with Crippen LogP contribution in [0.3, 0.4) is 0 Å². The van der Waals surface area contributed by atoms with Crippen LogP contribution >= 0.6 is 0 Å². The van der Waals surface area contributed by atoms with Crippen molar-refractivity contribution >= 4 is 12.0 Å². The van der Waals surface area contributed by atoms with Crippen molar-refractivity contribution in [2.45, 2.75) is 13.3 Å². The van der Waals surface area contributed by atoms with Crippen molar-refractivity contribution in [2.24, 2.45) is 0 Å². The van der Waals surface area contributed by atoms with Gasteiger partial charge in [0.25, 0.3) is 5.69 Å². The van der Waals surface area contributed by atoms with Crippen LogP contribution in [0.25, 0.3) is 0 Å². The molecule has 0 radical (unpaired) electrons. The number of hydrogen-bond donors (Lipinski definition) is 0. The lowest BCUT2D eigenvalue weighted by Gasteiger charge is -2.07. The first kappa shape index (κ1) is 13.7. The van der Waals surface area contributed by atoms with Crippen molar-refractivity contribution in [3.63, 3.8) is 0 Å². The van der Waals surface area contributed by atoms with Crippen LogP contribution < -0.4 is 4.74 Å². The Balaban J connectivity index is 2.24. The Morgan fingerprint density at radius 1 is 1.15 bits per heavy atom. The SMILES string of the molecule is CCc1ccc(Oc2ccc([N+](=O)[O-])c(C=O)c2)cc1. The molecule has 0 bridgehead atoms. The van der Waals surface area contributed by atoms with Gasteiger partial charge in [-0.05, 0) is 36.2 Å². The van der Waals surface area contributed by atoms with Crippen LogP contribution in [-0.4, -0.2) is 11.2 Å². The van der Waals surface area contributed by atoms with Crippen molar-refractivity contribution < 1.29 is 14.5 Å². The molecule has 102 valence electrons. The second kappa shape index (κ2) is 5.97. The van der Waals surface area contributed by atoms with Gasteiger partial charge >= 0.3 is 0 Å². The molecule has 5 heteroatoms. The summed E-state index contributed by atoms with van der Waals surface area (Å²) in [6.45, 7) is 2.06. The van der Waals surface area contributed by atoms with Crippen molar-refractivity contribution in [1.82, 2.24) is 0 Å².